The fourth-order valence-corrected chi connectivity index (χ4v) is 3.76. The Labute approximate surface area is 162 Å². The third-order valence-electron chi connectivity index (χ3n) is 4.44. The second-order valence-electron chi connectivity index (χ2n) is 6.39. The van der Waals surface area contributed by atoms with Crippen LogP contribution in [-0.2, 0) is 4.79 Å². The lowest BCUT2D eigenvalue weighted by Gasteiger charge is -2.20. The highest BCUT2D eigenvalue weighted by Crippen LogP contribution is 2.33. The highest BCUT2D eigenvalue weighted by Gasteiger charge is 2.23. The molecule has 8 heteroatoms. The molecule has 3 rings (SSSR count). The van der Waals surface area contributed by atoms with Gasteiger partial charge < -0.3 is 14.6 Å². The summed E-state index contributed by atoms with van der Waals surface area (Å²) in [7, 11) is 0. The number of aromatic nitrogens is 3. The minimum atomic E-state index is -1.13. The van der Waals surface area contributed by atoms with Crippen molar-refractivity contribution in [1.29, 1.82) is 0 Å². The van der Waals surface area contributed by atoms with Crippen molar-refractivity contribution in [2.45, 2.75) is 50.1 Å². The van der Waals surface area contributed by atoms with Crippen LogP contribution in [0.5, 0.6) is 5.75 Å². The van der Waals surface area contributed by atoms with E-state index in [1.165, 1.54) is 19.3 Å². The number of nitrogens with zero attached hydrogens (tertiary/aromatic N) is 4. The molecular weight excluding hydrogens is 364 g/mol. The second-order valence-corrected chi connectivity index (χ2v) is 7.34. The number of ether oxygens (including phenoxy) is 1. The normalized spacial score (nSPS) is 15.3. The Morgan fingerprint density at radius 2 is 2.04 bits per heavy atom. The van der Waals surface area contributed by atoms with Gasteiger partial charge in [-0.1, -0.05) is 31.0 Å². The lowest BCUT2D eigenvalue weighted by molar-refractivity contribution is -0.301. The summed E-state index contributed by atoms with van der Waals surface area (Å²) in [5, 5.41) is 24.3. The van der Waals surface area contributed by atoms with Crippen LogP contribution in [0.15, 0.2) is 34.5 Å². The third-order valence-corrected chi connectivity index (χ3v) is 5.33. The first kappa shape index (κ1) is 19.4. The minimum absolute atomic E-state index is 0.179. The molecule has 0 saturated heterocycles. The van der Waals surface area contributed by atoms with Gasteiger partial charge in [0.25, 0.3) is 0 Å². The molecule has 27 heavy (non-hydrogen) atoms. The van der Waals surface area contributed by atoms with Crippen LogP contribution in [-0.4, -0.2) is 39.4 Å². The molecule has 0 atom stereocenters. The van der Waals surface area contributed by atoms with Gasteiger partial charge in [0.15, 0.2) is 5.82 Å². The Kier molecular flexibility index (Phi) is 6.86. The summed E-state index contributed by atoms with van der Waals surface area (Å²) < 4.78 is 7.13. The maximum absolute atomic E-state index is 10.8. The largest absolute Gasteiger partial charge is 0.549 e. The summed E-state index contributed by atoms with van der Waals surface area (Å²) in [4.78, 5) is 10.8. The molecule has 1 saturated carbocycles. The summed E-state index contributed by atoms with van der Waals surface area (Å²) >= 11 is 1.08. The Balaban J connectivity index is 1.83. The maximum atomic E-state index is 10.8. The molecule has 1 aliphatic carbocycles. The van der Waals surface area contributed by atoms with E-state index in [0.717, 1.165) is 41.7 Å². The zero-order valence-corrected chi connectivity index (χ0v) is 16.2. The van der Waals surface area contributed by atoms with Crippen molar-refractivity contribution in [3.05, 3.63) is 35.7 Å². The van der Waals surface area contributed by atoms with Gasteiger partial charge in [-0.3, -0.25) is 0 Å². The summed E-state index contributed by atoms with van der Waals surface area (Å²) in [5.74, 6) is 0.608. The third kappa shape index (κ3) is 5.32. The van der Waals surface area contributed by atoms with Gasteiger partial charge in [0.1, 0.15) is 5.75 Å². The van der Waals surface area contributed by atoms with Gasteiger partial charge in [0, 0.05) is 11.7 Å². The average molecular weight is 387 g/mol. The molecule has 144 valence electrons. The number of hydrogen-bond acceptors (Lipinski definition) is 7. The molecule has 0 amide bonds. The van der Waals surface area contributed by atoms with Crippen LogP contribution >= 0.6 is 11.8 Å². The molecule has 0 unspecified atom stereocenters. The van der Waals surface area contributed by atoms with Crippen molar-refractivity contribution in [2.75, 3.05) is 12.4 Å². The number of aliphatic carboxylic acids is 1. The molecule has 1 heterocycles. The van der Waals surface area contributed by atoms with E-state index in [2.05, 4.69) is 15.3 Å². The van der Waals surface area contributed by atoms with E-state index in [1.807, 2.05) is 31.2 Å². The van der Waals surface area contributed by atoms with Crippen molar-refractivity contribution in [3.63, 3.8) is 0 Å². The molecule has 1 aromatic carbocycles. The van der Waals surface area contributed by atoms with Crippen LogP contribution in [0.3, 0.4) is 0 Å². The topological polar surface area (TPSA) is 92.4 Å². The zero-order chi connectivity index (χ0) is 19.1. The average Bonchev–Trinajstić information content (AvgIpc) is 3.09. The van der Waals surface area contributed by atoms with Crippen LogP contribution in [0.25, 0.3) is 0 Å². The molecule has 1 aromatic heterocycles. The fourth-order valence-electron chi connectivity index (χ4n) is 3.16. The van der Waals surface area contributed by atoms with Crippen LogP contribution in [0.2, 0.25) is 0 Å². The summed E-state index contributed by atoms with van der Waals surface area (Å²) in [6, 6.07) is 7.63. The molecule has 0 aliphatic heterocycles. The lowest BCUT2D eigenvalue weighted by atomic mass is 9.89. The first-order chi connectivity index (χ1) is 13.2. The van der Waals surface area contributed by atoms with Crippen LogP contribution in [0, 0.1) is 0 Å². The number of benzene rings is 1. The molecule has 0 bridgehead atoms. The standard InChI is InChI=1S/C19H24N4O3S/c1-2-26-16-10-8-14(9-11-16)12-20-23-18(15-6-4-3-5-7-15)21-22-19(23)27-13-17(24)25/h8-12,15H,2-7,13H2,1H3,(H,24,25)/p-1/b20-12-. The van der Waals surface area contributed by atoms with Gasteiger partial charge in [-0.2, -0.15) is 9.78 Å². The van der Waals surface area contributed by atoms with Crippen molar-refractivity contribution in [3.8, 4) is 5.75 Å². The van der Waals surface area contributed by atoms with Crippen LogP contribution in [0.1, 0.15) is 56.3 Å². The van der Waals surface area contributed by atoms with E-state index in [0.29, 0.717) is 17.7 Å². The van der Waals surface area contributed by atoms with Crippen LogP contribution in [0.4, 0.5) is 0 Å². The first-order valence-corrected chi connectivity index (χ1v) is 10.2. The van der Waals surface area contributed by atoms with E-state index in [-0.39, 0.29) is 5.75 Å². The SMILES string of the molecule is CCOc1ccc(/C=N\n2c(SCC(=O)[O-])nnc2C2CCCCC2)cc1. The maximum Gasteiger partial charge on any atom is 0.212 e. The molecule has 0 radical (unpaired) electrons. The highest BCUT2D eigenvalue weighted by atomic mass is 32.2. The number of hydrogen-bond donors (Lipinski definition) is 0. The fraction of sp³-hybridized carbons (Fsp3) is 0.474. The Bertz CT molecular complexity index is 783. The smallest absolute Gasteiger partial charge is 0.212 e. The van der Waals surface area contributed by atoms with E-state index in [9.17, 15) is 9.90 Å². The van der Waals surface area contributed by atoms with E-state index >= 15 is 0 Å². The van der Waals surface area contributed by atoms with Crippen molar-refractivity contribution < 1.29 is 14.6 Å². The van der Waals surface area contributed by atoms with Crippen molar-refractivity contribution in [1.82, 2.24) is 14.9 Å². The Morgan fingerprint density at radius 3 is 2.70 bits per heavy atom. The number of carbonyl (C=O) groups is 1. The second kappa shape index (κ2) is 9.55. The summed E-state index contributed by atoms with van der Waals surface area (Å²) in [6.45, 7) is 2.57. The Morgan fingerprint density at radius 1 is 1.30 bits per heavy atom. The molecule has 1 aliphatic rings. The zero-order valence-electron chi connectivity index (χ0n) is 15.3. The van der Waals surface area contributed by atoms with Crippen molar-refractivity contribution in [2.24, 2.45) is 5.10 Å². The number of thioether (sulfide) groups is 1. The highest BCUT2D eigenvalue weighted by molar-refractivity contribution is 7.99. The number of carbonyl (C=O) groups excluding carboxylic acids is 1. The van der Waals surface area contributed by atoms with Gasteiger partial charge in [-0.05, 0) is 49.6 Å². The van der Waals surface area contributed by atoms with Crippen LogP contribution < -0.4 is 9.84 Å². The molecule has 2 aromatic rings. The van der Waals surface area contributed by atoms with E-state index in [1.54, 1.807) is 10.9 Å². The molecule has 1 fully saturated rings. The summed E-state index contributed by atoms with van der Waals surface area (Å²) in [6.07, 6.45) is 7.42. The number of carboxylic acids is 1. The van der Waals surface area contributed by atoms with Gasteiger partial charge in [0.2, 0.25) is 5.16 Å². The van der Waals surface area contributed by atoms with E-state index in [4.69, 9.17) is 4.74 Å². The molecular formula is C19H23N4O3S-. The van der Waals surface area contributed by atoms with Gasteiger partial charge >= 0.3 is 0 Å². The summed E-state index contributed by atoms with van der Waals surface area (Å²) in [5.41, 5.74) is 0.914. The number of carboxylic acid groups (broad SMARTS) is 1. The van der Waals surface area contributed by atoms with Gasteiger partial charge in [-0.25, -0.2) is 0 Å². The lowest BCUT2D eigenvalue weighted by Crippen LogP contribution is -2.24. The van der Waals surface area contributed by atoms with Crippen molar-refractivity contribution >= 4 is 23.9 Å². The number of rotatable bonds is 8. The quantitative estimate of drug-likeness (QED) is 0.510. The first-order valence-electron chi connectivity index (χ1n) is 9.22. The van der Waals surface area contributed by atoms with Gasteiger partial charge in [0.05, 0.1) is 18.8 Å². The monoisotopic (exact) mass is 387 g/mol. The van der Waals surface area contributed by atoms with E-state index < -0.39 is 5.97 Å². The minimum Gasteiger partial charge on any atom is -0.549 e. The molecule has 0 N–H and O–H groups in total. The van der Waals surface area contributed by atoms with Gasteiger partial charge in [-0.15, -0.1) is 10.2 Å². The predicted molar refractivity (Wildman–Crippen MR) is 102 cm³/mol. The predicted octanol–water partition coefficient (Wildman–Crippen LogP) is 2.45. The molecule has 0 spiro atoms. The Hall–Kier alpha value is -2.35. The molecule has 7 nitrogen and oxygen atoms in total.